The first-order valence-corrected chi connectivity index (χ1v) is 11.1. The average Bonchev–Trinajstić information content (AvgIpc) is 2.71. The van der Waals surface area contributed by atoms with Gasteiger partial charge in [0.25, 0.3) is 5.91 Å². The van der Waals surface area contributed by atoms with Crippen LogP contribution in [0.1, 0.15) is 5.56 Å². The summed E-state index contributed by atoms with van der Waals surface area (Å²) in [5.41, 5.74) is 1.12. The summed E-state index contributed by atoms with van der Waals surface area (Å²) in [5.74, 6) is -0.0918. The summed E-state index contributed by atoms with van der Waals surface area (Å²) in [7, 11) is 0. The number of amides is 1. The summed E-state index contributed by atoms with van der Waals surface area (Å²) in [4.78, 5) is 18.4. The van der Waals surface area contributed by atoms with Gasteiger partial charge in [-0.05, 0) is 35.9 Å². The van der Waals surface area contributed by atoms with Crippen molar-refractivity contribution in [1.29, 1.82) is 0 Å². The van der Waals surface area contributed by atoms with Gasteiger partial charge in [-0.15, -0.1) is 0 Å². The molecule has 3 rings (SSSR count). The molecule has 29 heavy (non-hydrogen) atoms. The molecule has 1 aliphatic heterocycles. The van der Waals surface area contributed by atoms with E-state index in [4.69, 9.17) is 39.9 Å². The smallest absolute Gasteiger partial charge is 0.253 e. The van der Waals surface area contributed by atoms with Gasteiger partial charge in [-0.3, -0.25) is 9.69 Å². The van der Waals surface area contributed by atoms with Crippen LogP contribution in [-0.2, 0) is 4.79 Å². The Kier molecular flexibility index (Phi) is 7.91. The third-order valence-electron chi connectivity index (χ3n) is 4.73. The Morgan fingerprint density at radius 1 is 1.00 bits per heavy atom. The Hall–Kier alpha value is -1.21. The van der Waals surface area contributed by atoms with Crippen molar-refractivity contribution < 1.29 is 9.90 Å². The molecule has 1 fully saturated rings. The molecular weight excluding hydrogens is 451 g/mol. The highest BCUT2D eigenvalue weighted by Crippen LogP contribution is 2.39. The van der Waals surface area contributed by atoms with Crippen molar-refractivity contribution in [3.05, 3.63) is 63.6 Å². The van der Waals surface area contributed by atoms with Gasteiger partial charge in [0.2, 0.25) is 0 Å². The number of piperazine rings is 1. The number of halogens is 3. The summed E-state index contributed by atoms with van der Waals surface area (Å²) < 4.78 is 0. The van der Waals surface area contributed by atoms with E-state index in [1.807, 2.05) is 18.2 Å². The largest absolute Gasteiger partial charge is 0.395 e. The monoisotopic (exact) mass is 470 g/mol. The second-order valence-electron chi connectivity index (χ2n) is 6.66. The van der Waals surface area contributed by atoms with E-state index in [0.717, 1.165) is 22.9 Å². The Balaban J connectivity index is 1.67. The molecule has 8 heteroatoms. The summed E-state index contributed by atoms with van der Waals surface area (Å²) >= 11 is 20.1. The Labute approximate surface area is 190 Å². The molecule has 2 aromatic rings. The van der Waals surface area contributed by atoms with Crippen molar-refractivity contribution in [3.63, 3.8) is 0 Å². The van der Waals surface area contributed by atoms with Gasteiger partial charge in [-0.1, -0.05) is 59.2 Å². The minimum absolute atomic E-state index is 0.0918. The van der Waals surface area contributed by atoms with Gasteiger partial charge in [0.15, 0.2) is 0 Å². The molecular formula is C21H21Cl3N2O2S. The number of β-amino-alcohol motifs (C(OH)–C–C–N with tert-alkyl or cyclic N) is 1. The van der Waals surface area contributed by atoms with Crippen LogP contribution in [0.3, 0.4) is 0 Å². The second-order valence-corrected chi connectivity index (χ2v) is 8.99. The van der Waals surface area contributed by atoms with Gasteiger partial charge in [-0.2, -0.15) is 0 Å². The van der Waals surface area contributed by atoms with Crippen molar-refractivity contribution >= 4 is 58.0 Å². The molecule has 0 aliphatic carbocycles. The van der Waals surface area contributed by atoms with Crippen molar-refractivity contribution in [2.24, 2.45) is 0 Å². The standard InChI is InChI=1S/C21H21Cl3N2O2S/c1-14(21(28)26-8-6-25(7-9-26)10-11-27)15-2-4-19(17(23)12-15)29-20-5-3-16(22)13-18(20)24/h2-5,12-13,27H,1,6-11H2. The maximum Gasteiger partial charge on any atom is 0.253 e. The number of hydrogen-bond acceptors (Lipinski definition) is 4. The molecule has 0 unspecified atom stereocenters. The lowest BCUT2D eigenvalue weighted by Gasteiger charge is -2.34. The molecule has 4 nitrogen and oxygen atoms in total. The predicted octanol–water partition coefficient (Wildman–Crippen LogP) is 4.95. The molecule has 154 valence electrons. The maximum atomic E-state index is 12.8. The van der Waals surface area contributed by atoms with Crippen LogP contribution in [0.2, 0.25) is 15.1 Å². The van der Waals surface area contributed by atoms with Crippen LogP contribution in [0, 0.1) is 0 Å². The fraction of sp³-hybridized carbons (Fsp3) is 0.286. The number of aliphatic hydroxyl groups excluding tert-OH is 1. The highest BCUT2D eigenvalue weighted by molar-refractivity contribution is 7.99. The van der Waals surface area contributed by atoms with E-state index in [2.05, 4.69) is 11.5 Å². The third-order valence-corrected chi connectivity index (χ3v) is 6.96. The molecule has 0 bridgehead atoms. The summed E-state index contributed by atoms with van der Waals surface area (Å²) in [5, 5.41) is 10.7. The number of rotatable bonds is 6. The molecule has 1 N–H and O–H groups in total. The van der Waals surface area contributed by atoms with E-state index < -0.39 is 0 Å². The number of aliphatic hydroxyl groups is 1. The van der Waals surface area contributed by atoms with Gasteiger partial charge in [0, 0.05) is 53.1 Å². The average molecular weight is 472 g/mol. The molecule has 1 saturated heterocycles. The minimum atomic E-state index is -0.0918. The van der Waals surface area contributed by atoms with E-state index in [-0.39, 0.29) is 12.5 Å². The Bertz CT molecular complexity index is 915. The third kappa shape index (κ3) is 5.69. The van der Waals surface area contributed by atoms with Gasteiger partial charge >= 0.3 is 0 Å². The number of nitrogens with zero attached hydrogens (tertiary/aromatic N) is 2. The van der Waals surface area contributed by atoms with E-state index in [0.29, 0.717) is 45.8 Å². The van der Waals surface area contributed by atoms with Crippen LogP contribution in [-0.4, -0.2) is 60.1 Å². The van der Waals surface area contributed by atoms with Crippen molar-refractivity contribution in [2.45, 2.75) is 9.79 Å². The van der Waals surface area contributed by atoms with E-state index >= 15 is 0 Å². The van der Waals surface area contributed by atoms with E-state index in [9.17, 15) is 4.79 Å². The first kappa shape index (κ1) is 22.5. The van der Waals surface area contributed by atoms with Crippen LogP contribution in [0.25, 0.3) is 5.57 Å². The first-order valence-electron chi connectivity index (χ1n) is 9.13. The van der Waals surface area contributed by atoms with Gasteiger partial charge in [0.05, 0.1) is 16.7 Å². The van der Waals surface area contributed by atoms with Crippen molar-refractivity contribution in [1.82, 2.24) is 9.80 Å². The summed E-state index contributed by atoms with van der Waals surface area (Å²) in [6.07, 6.45) is 0. The number of carbonyl (C=O) groups excluding carboxylic acids is 1. The molecule has 1 aliphatic rings. The molecule has 1 amide bonds. The quantitative estimate of drug-likeness (QED) is 0.606. The number of benzene rings is 2. The zero-order valence-corrected chi connectivity index (χ0v) is 18.8. The molecule has 0 aromatic heterocycles. The Morgan fingerprint density at radius 3 is 2.21 bits per heavy atom. The molecule has 0 saturated carbocycles. The molecule has 0 radical (unpaired) electrons. The highest BCUT2D eigenvalue weighted by Gasteiger charge is 2.23. The summed E-state index contributed by atoms with van der Waals surface area (Å²) in [6, 6.07) is 10.8. The SMILES string of the molecule is C=C(C(=O)N1CCN(CCO)CC1)c1ccc(Sc2ccc(Cl)cc2Cl)c(Cl)c1. The fourth-order valence-electron chi connectivity index (χ4n) is 3.08. The zero-order chi connectivity index (χ0) is 21.0. The number of carbonyl (C=O) groups is 1. The van der Waals surface area contributed by atoms with Crippen molar-refractivity contribution in [3.8, 4) is 0 Å². The molecule has 1 heterocycles. The lowest BCUT2D eigenvalue weighted by Crippen LogP contribution is -2.49. The Morgan fingerprint density at radius 2 is 1.62 bits per heavy atom. The van der Waals surface area contributed by atoms with Crippen LogP contribution in [0.4, 0.5) is 0 Å². The minimum Gasteiger partial charge on any atom is -0.395 e. The first-order chi connectivity index (χ1) is 13.9. The van der Waals surface area contributed by atoms with Crippen LogP contribution < -0.4 is 0 Å². The molecule has 0 atom stereocenters. The maximum absolute atomic E-state index is 12.8. The topological polar surface area (TPSA) is 43.8 Å². The van der Waals surface area contributed by atoms with Crippen LogP contribution in [0.15, 0.2) is 52.8 Å². The normalized spacial score (nSPS) is 14.8. The van der Waals surface area contributed by atoms with Crippen LogP contribution in [0.5, 0.6) is 0 Å². The predicted molar refractivity (Wildman–Crippen MR) is 121 cm³/mol. The van der Waals surface area contributed by atoms with Gasteiger partial charge in [-0.25, -0.2) is 0 Å². The zero-order valence-electron chi connectivity index (χ0n) is 15.7. The van der Waals surface area contributed by atoms with E-state index in [1.54, 1.807) is 23.1 Å². The van der Waals surface area contributed by atoms with Crippen molar-refractivity contribution in [2.75, 3.05) is 39.3 Å². The van der Waals surface area contributed by atoms with Gasteiger partial charge in [0.1, 0.15) is 0 Å². The molecule has 0 spiro atoms. The lowest BCUT2D eigenvalue weighted by molar-refractivity contribution is -0.126. The molecule has 2 aromatic carbocycles. The lowest BCUT2D eigenvalue weighted by atomic mass is 10.1. The number of hydrogen-bond donors (Lipinski definition) is 1. The van der Waals surface area contributed by atoms with E-state index in [1.165, 1.54) is 11.8 Å². The fourth-order valence-corrected chi connectivity index (χ4v) is 4.72. The van der Waals surface area contributed by atoms with Crippen LogP contribution >= 0.6 is 46.6 Å². The van der Waals surface area contributed by atoms with Gasteiger partial charge < -0.3 is 10.0 Å². The summed E-state index contributed by atoms with van der Waals surface area (Å²) in [6.45, 7) is 7.49. The highest BCUT2D eigenvalue weighted by atomic mass is 35.5. The second kappa shape index (κ2) is 10.2.